The predicted molar refractivity (Wildman–Crippen MR) is 99.8 cm³/mol. The molecule has 0 bridgehead atoms. The Labute approximate surface area is 152 Å². The van der Waals surface area contributed by atoms with Crippen molar-refractivity contribution in [3.63, 3.8) is 0 Å². The van der Waals surface area contributed by atoms with Crippen LogP contribution in [0.3, 0.4) is 0 Å². The van der Waals surface area contributed by atoms with Gasteiger partial charge in [0.25, 0.3) is 0 Å². The maximum Gasteiger partial charge on any atom is 0.335 e. The molecule has 0 amide bonds. The lowest BCUT2D eigenvalue weighted by atomic mass is 9.95. The molecule has 1 aromatic carbocycles. The standard InChI is InChI=1S/C18H17BrN2O2S/c19-12-9-16(24-10-12)17-20-14-8-11(18(22)23)6-7-15(14)21(17)13-4-2-1-3-5-13/h6-10,13H,1-5H2,(H,22,23). The van der Waals surface area contributed by atoms with Crippen molar-refractivity contribution in [2.45, 2.75) is 38.1 Å². The van der Waals surface area contributed by atoms with Gasteiger partial charge in [0, 0.05) is 15.9 Å². The molecule has 0 atom stereocenters. The van der Waals surface area contributed by atoms with Crippen LogP contribution in [-0.4, -0.2) is 20.6 Å². The van der Waals surface area contributed by atoms with Crippen LogP contribution in [0.15, 0.2) is 34.1 Å². The topological polar surface area (TPSA) is 55.1 Å². The third kappa shape index (κ3) is 2.78. The Hall–Kier alpha value is -1.66. The van der Waals surface area contributed by atoms with Gasteiger partial charge in [-0.3, -0.25) is 0 Å². The summed E-state index contributed by atoms with van der Waals surface area (Å²) in [6.45, 7) is 0. The molecule has 24 heavy (non-hydrogen) atoms. The zero-order chi connectivity index (χ0) is 16.7. The van der Waals surface area contributed by atoms with Crippen LogP contribution in [0.1, 0.15) is 48.5 Å². The highest BCUT2D eigenvalue weighted by atomic mass is 79.9. The molecular formula is C18H17BrN2O2S. The van der Waals surface area contributed by atoms with Gasteiger partial charge in [0.05, 0.1) is 21.5 Å². The Morgan fingerprint density at radius 2 is 2.04 bits per heavy atom. The highest BCUT2D eigenvalue weighted by Crippen LogP contribution is 2.38. The van der Waals surface area contributed by atoms with E-state index in [-0.39, 0.29) is 5.56 Å². The summed E-state index contributed by atoms with van der Waals surface area (Å²) in [4.78, 5) is 17.2. The maximum atomic E-state index is 11.3. The highest BCUT2D eigenvalue weighted by Gasteiger charge is 2.23. The minimum Gasteiger partial charge on any atom is -0.478 e. The number of carbonyl (C=O) groups is 1. The van der Waals surface area contributed by atoms with Crippen molar-refractivity contribution in [2.24, 2.45) is 0 Å². The largest absolute Gasteiger partial charge is 0.478 e. The van der Waals surface area contributed by atoms with E-state index in [1.807, 2.05) is 6.07 Å². The Kier molecular flexibility index (Phi) is 4.18. The minimum atomic E-state index is -0.912. The summed E-state index contributed by atoms with van der Waals surface area (Å²) in [5.74, 6) is 0.0414. The number of aromatic nitrogens is 2. The van der Waals surface area contributed by atoms with E-state index in [2.05, 4.69) is 31.9 Å². The van der Waals surface area contributed by atoms with E-state index < -0.39 is 5.97 Å². The van der Waals surface area contributed by atoms with Crippen LogP contribution < -0.4 is 0 Å². The lowest BCUT2D eigenvalue weighted by molar-refractivity contribution is 0.0697. The number of nitrogens with zero attached hydrogens (tertiary/aromatic N) is 2. The first kappa shape index (κ1) is 15.8. The first-order valence-corrected chi connectivity index (χ1v) is 9.80. The van der Waals surface area contributed by atoms with Crippen molar-refractivity contribution in [1.82, 2.24) is 9.55 Å². The summed E-state index contributed by atoms with van der Waals surface area (Å²) in [7, 11) is 0. The third-order valence-corrected chi connectivity index (χ3v) is 6.35. The summed E-state index contributed by atoms with van der Waals surface area (Å²) < 4.78 is 3.38. The van der Waals surface area contributed by atoms with Gasteiger partial charge in [-0.25, -0.2) is 9.78 Å². The van der Waals surface area contributed by atoms with Crippen molar-refractivity contribution in [3.8, 4) is 10.7 Å². The molecule has 2 aromatic heterocycles. The molecule has 0 radical (unpaired) electrons. The summed E-state index contributed by atoms with van der Waals surface area (Å²) in [5, 5.41) is 11.3. The van der Waals surface area contributed by atoms with Crippen molar-refractivity contribution in [1.29, 1.82) is 0 Å². The molecule has 4 nitrogen and oxygen atoms in total. The maximum absolute atomic E-state index is 11.3. The summed E-state index contributed by atoms with van der Waals surface area (Å²) in [5.41, 5.74) is 2.08. The van der Waals surface area contributed by atoms with E-state index in [4.69, 9.17) is 4.98 Å². The van der Waals surface area contributed by atoms with Gasteiger partial charge in [0.1, 0.15) is 0 Å². The van der Waals surface area contributed by atoms with Crippen molar-refractivity contribution >= 4 is 44.3 Å². The van der Waals surface area contributed by atoms with E-state index in [9.17, 15) is 9.90 Å². The summed E-state index contributed by atoms with van der Waals surface area (Å²) in [6.07, 6.45) is 6.10. The molecule has 2 heterocycles. The molecule has 3 aromatic rings. The normalized spacial score (nSPS) is 15.9. The van der Waals surface area contributed by atoms with E-state index in [0.717, 1.165) is 39.0 Å². The highest BCUT2D eigenvalue weighted by molar-refractivity contribution is 9.10. The number of halogens is 1. The average Bonchev–Trinajstić information content (AvgIpc) is 3.18. The Bertz CT molecular complexity index is 909. The van der Waals surface area contributed by atoms with Crippen LogP contribution in [0, 0.1) is 0 Å². The SMILES string of the molecule is O=C(O)c1ccc2c(c1)nc(-c1cc(Br)cs1)n2C1CCCCC1. The van der Waals surface area contributed by atoms with Crippen LogP contribution in [0.5, 0.6) is 0 Å². The quantitative estimate of drug-likeness (QED) is 0.605. The van der Waals surface area contributed by atoms with Crippen LogP contribution in [0.2, 0.25) is 0 Å². The number of imidazole rings is 1. The molecule has 1 aliphatic rings. The number of hydrogen-bond acceptors (Lipinski definition) is 3. The molecule has 124 valence electrons. The number of hydrogen-bond donors (Lipinski definition) is 1. The van der Waals surface area contributed by atoms with Crippen LogP contribution >= 0.6 is 27.3 Å². The van der Waals surface area contributed by atoms with E-state index in [1.54, 1.807) is 23.5 Å². The van der Waals surface area contributed by atoms with Crippen LogP contribution in [-0.2, 0) is 0 Å². The second kappa shape index (κ2) is 6.33. The monoisotopic (exact) mass is 404 g/mol. The fourth-order valence-corrected chi connectivity index (χ4v) is 4.96. The number of carboxylic acid groups (broad SMARTS) is 1. The average molecular weight is 405 g/mol. The number of thiophene rings is 1. The molecule has 1 aliphatic carbocycles. The Morgan fingerprint density at radius 1 is 1.25 bits per heavy atom. The summed E-state index contributed by atoms with van der Waals surface area (Å²) in [6, 6.07) is 7.80. The Morgan fingerprint density at radius 3 is 2.71 bits per heavy atom. The number of carboxylic acids is 1. The Balaban J connectivity index is 1.92. The molecule has 6 heteroatoms. The van der Waals surface area contributed by atoms with E-state index >= 15 is 0 Å². The number of aromatic carboxylic acids is 1. The van der Waals surface area contributed by atoms with Crippen molar-refractivity contribution in [3.05, 3.63) is 39.7 Å². The lowest BCUT2D eigenvalue weighted by Gasteiger charge is -2.25. The second-order valence-electron chi connectivity index (χ2n) is 6.24. The van der Waals surface area contributed by atoms with Crippen molar-refractivity contribution in [2.75, 3.05) is 0 Å². The molecule has 1 N–H and O–H groups in total. The summed E-state index contributed by atoms with van der Waals surface area (Å²) >= 11 is 5.18. The van der Waals surface area contributed by atoms with Gasteiger partial charge < -0.3 is 9.67 Å². The number of fused-ring (bicyclic) bond motifs is 1. The lowest BCUT2D eigenvalue weighted by Crippen LogP contribution is -2.13. The van der Waals surface area contributed by atoms with Gasteiger partial charge in [-0.2, -0.15) is 0 Å². The predicted octanol–water partition coefficient (Wildman–Crippen LogP) is 5.73. The van der Waals surface area contributed by atoms with Gasteiger partial charge in [-0.1, -0.05) is 19.3 Å². The van der Waals surface area contributed by atoms with Crippen molar-refractivity contribution < 1.29 is 9.90 Å². The molecule has 1 saturated carbocycles. The molecule has 0 unspecified atom stereocenters. The first-order valence-electron chi connectivity index (χ1n) is 8.13. The van der Waals surface area contributed by atoms with Gasteiger partial charge in [-0.15, -0.1) is 11.3 Å². The van der Waals surface area contributed by atoms with Gasteiger partial charge >= 0.3 is 5.97 Å². The molecule has 0 aliphatic heterocycles. The molecular weight excluding hydrogens is 388 g/mol. The fraction of sp³-hybridized carbons (Fsp3) is 0.333. The third-order valence-electron chi connectivity index (χ3n) is 4.66. The van der Waals surface area contributed by atoms with E-state index in [0.29, 0.717) is 6.04 Å². The van der Waals surface area contributed by atoms with E-state index in [1.165, 1.54) is 19.3 Å². The first-order chi connectivity index (χ1) is 11.6. The second-order valence-corrected chi connectivity index (χ2v) is 8.06. The van der Waals surface area contributed by atoms with Crippen LogP contribution in [0.25, 0.3) is 21.7 Å². The number of rotatable bonds is 3. The zero-order valence-electron chi connectivity index (χ0n) is 13.0. The van der Waals surface area contributed by atoms with Crippen LogP contribution in [0.4, 0.5) is 0 Å². The molecule has 4 rings (SSSR count). The van der Waals surface area contributed by atoms with Gasteiger partial charge in [0.15, 0.2) is 5.82 Å². The smallest absolute Gasteiger partial charge is 0.335 e. The minimum absolute atomic E-state index is 0.287. The number of benzene rings is 1. The molecule has 1 fully saturated rings. The fourth-order valence-electron chi connectivity index (χ4n) is 3.54. The van der Waals surface area contributed by atoms with Gasteiger partial charge in [0.2, 0.25) is 0 Å². The molecule has 0 spiro atoms. The van der Waals surface area contributed by atoms with Gasteiger partial charge in [-0.05, 0) is 53.0 Å². The molecule has 0 saturated heterocycles. The zero-order valence-corrected chi connectivity index (χ0v) is 15.4.